The van der Waals surface area contributed by atoms with Crippen molar-refractivity contribution in [3.8, 4) is 6.07 Å². The summed E-state index contributed by atoms with van der Waals surface area (Å²) in [5, 5.41) is 13.9. The molecule has 0 radical (unpaired) electrons. The number of rotatable bonds is 4. The second kappa shape index (κ2) is 6.71. The van der Waals surface area contributed by atoms with E-state index in [9.17, 15) is 9.59 Å². The van der Waals surface area contributed by atoms with Crippen molar-refractivity contribution in [2.45, 2.75) is 33.7 Å². The Bertz CT molecular complexity index is 539. The van der Waals surface area contributed by atoms with Crippen LogP contribution in [0.25, 0.3) is 0 Å². The van der Waals surface area contributed by atoms with E-state index in [1.807, 2.05) is 39.0 Å². The van der Waals surface area contributed by atoms with E-state index in [1.165, 1.54) is 0 Å². The van der Waals surface area contributed by atoms with Gasteiger partial charge in [-0.15, -0.1) is 0 Å². The third-order valence-electron chi connectivity index (χ3n) is 2.66. The zero-order chi connectivity index (χ0) is 15.2. The van der Waals surface area contributed by atoms with Crippen molar-refractivity contribution < 1.29 is 9.59 Å². The number of nitrogens with one attached hydrogen (secondary N) is 2. The quantitative estimate of drug-likeness (QED) is 0.882. The average Bonchev–Trinajstić information content (AvgIpc) is 2.37. The minimum atomic E-state index is -0.489. The van der Waals surface area contributed by atoms with E-state index in [0.717, 1.165) is 5.56 Å². The fraction of sp³-hybridized carbons (Fsp3) is 0.400. The average molecular weight is 273 g/mol. The zero-order valence-electron chi connectivity index (χ0n) is 12.0. The summed E-state index contributed by atoms with van der Waals surface area (Å²) < 4.78 is 0. The number of carbonyl (C=O) groups excluding carboxylic acids is 2. The highest BCUT2D eigenvalue weighted by atomic mass is 16.2. The molecule has 0 aliphatic rings. The summed E-state index contributed by atoms with van der Waals surface area (Å²) in [5.41, 5.74) is 0.984. The molecular formula is C15H19N3O2. The highest BCUT2D eigenvalue weighted by molar-refractivity contribution is 5.95. The molecule has 0 atom stereocenters. The molecule has 0 saturated heterocycles. The van der Waals surface area contributed by atoms with Gasteiger partial charge in [-0.1, -0.05) is 39.0 Å². The summed E-state index contributed by atoms with van der Waals surface area (Å²) in [6, 6.07) is 9.05. The van der Waals surface area contributed by atoms with Crippen LogP contribution in [-0.4, -0.2) is 11.8 Å². The Morgan fingerprint density at radius 1 is 1.25 bits per heavy atom. The molecule has 5 heteroatoms. The number of anilines is 1. The van der Waals surface area contributed by atoms with Crippen LogP contribution in [0, 0.1) is 16.7 Å². The van der Waals surface area contributed by atoms with Crippen LogP contribution in [0.4, 0.5) is 5.69 Å². The van der Waals surface area contributed by atoms with E-state index in [-0.39, 0.29) is 24.8 Å². The van der Waals surface area contributed by atoms with Crippen LogP contribution in [0.15, 0.2) is 24.3 Å². The number of benzene rings is 1. The number of amides is 2. The van der Waals surface area contributed by atoms with Crippen molar-refractivity contribution in [2.75, 3.05) is 5.32 Å². The van der Waals surface area contributed by atoms with Gasteiger partial charge < -0.3 is 10.6 Å². The molecular weight excluding hydrogens is 254 g/mol. The van der Waals surface area contributed by atoms with Crippen LogP contribution in [0.1, 0.15) is 32.8 Å². The monoisotopic (exact) mass is 273 g/mol. The third kappa shape index (κ3) is 4.73. The Kier molecular flexibility index (Phi) is 5.27. The zero-order valence-corrected chi connectivity index (χ0v) is 12.0. The highest BCUT2D eigenvalue weighted by Gasteiger charge is 2.21. The minimum absolute atomic E-state index is 0.0895. The minimum Gasteiger partial charge on any atom is -0.351 e. The van der Waals surface area contributed by atoms with Gasteiger partial charge in [0, 0.05) is 17.6 Å². The first kappa shape index (κ1) is 15.7. The molecule has 106 valence electrons. The third-order valence-corrected chi connectivity index (χ3v) is 2.66. The fourth-order valence-corrected chi connectivity index (χ4v) is 1.43. The van der Waals surface area contributed by atoms with E-state index in [0.29, 0.717) is 5.69 Å². The molecule has 0 aliphatic heterocycles. The van der Waals surface area contributed by atoms with Gasteiger partial charge in [-0.2, -0.15) is 5.26 Å². The molecule has 20 heavy (non-hydrogen) atoms. The standard InChI is InChI=1S/C15H19N3O2/c1-15(2,3)14(20)18-12-7-5-4-6-11(12)10-17-13(19)8-9-16/h4-7H,8,10H2,1-3H3,(H,17,19)(H,18,20). The smallest absolute Gasteiger partial charge is 0.234 e. The Labute approximate surface area is 119 Å². The van der Waals surface area contributed by atoms with Crippen LogP contribution in [0.3, 0.4) is 0 Å². The molecule has 0 unspecified atom stereocenters. The lowest BCUT2D eigenvalue weighted by atomic mass is 9.95. The Morgan fingerprint density at radius 3 is 2.50 bits per heavy atom. The summed E-state index contributed by atoms with van der Waals surface area (Å²) in [4.78, 5) is 23.3. The van der Waals surface area contributed by atoms with Gasteiger partial charge >= 0.3 is 0 Å². The summed E-state index contributed by atoms with van der Waals surface area (Å²) >= 11 is 0. The molecule has 1 rings (SSSR count). The summed E-state index contributed by atoms with van der Waals surface area (Å²) in [7, 11) is 0. The molecule has 0 saturated carbocycles. The molecule has 0 aliphatic carbocycles. The van der Waals surface area contributed by atoms with Gasteiger partial charge in [-0.3, -0.25) is 9.59 Å². The van der Waals surface area contributed by atoms with Crippen molar-refractivity contribution >= 4 is 17.5 Å². The van der Waals surface area contributed by atoms with E-state index in [4.69, 9.17) is 5.26 Å². The summed E-state index contributed by atoms with van der Waals surface area (Å²) in [6.07, 6.45) is -0.170. The molecule has 0 aromatic heterocycles. The van der Waals surface area contributed by atoms with Gasteiger partial charge in [0.15, 0.2) is 0 Å². The molecule has 2 amide bonds. The van der Waals surface area contributed by atoms with Crippen molar-refractivity contribution in [2.24, 2.45) is 5.41 Å². The van der Waals surface area contributed by atoms with Crippen molar-refractivity contribution in [3.05, 3.63) is 29.8 Å². The molecule has 5 nitrogen and oxygen atoms in total. The Balaban J connectivity index is 2.76. The first-order chi connectivity index (χ1) is 9.34. The van der Waals surface area contributed by atoms with Crippen molar-refractivity contribution in [3.63, 3.8) is 0 Å². The maximum absolute atomic E-state index is 12.0. The summed E-state index contributed by atoms with van der Waals surface area (Å²) in [5.74, 6) is -0.419. The van der Waals surface area contributed by atoms with Gasteiger partial charge in [-0.05, 0) is 11.6 Å². The first-order valence-corrected chi connectivity index (χ1v) is 6.37. The van der Waals surface area contributed by atoms with Gasteiger partial charge in [0.25, 0.3) is 0 Å². The second-order valence-corrected chi connectivity index (χ2v) is 5.47. The van der Waals surface area contributed by atoms with Crippen LogP contribution in [0.5, 0.6) is 0 Å². The van der Waals surface area contributed by atoms with E-state index >= 15 is 0 Å². The number of para-hydroxylation sites is 1. The van der Waals surface area contributed by atoms with Gasteiger partial charge in [0.2, 0.25) is 11.8 Å². The van der Waals surface area contributed by atoms with Crippen molar-refractivity contribution in [1.82, 2.24) is 5.32 Å². The SMILES string of the molecule is CC(C)(C)C(=O)Nc1ccccc1CNC(=O)CC#N. The predicted octanol–water partition coefficient (Wildman–Crippen LogP) is 2.20. The molecule has 1 aromatic rings. The molecule has 0 fully saturated rings. The largest absolute Gasteiger partial charge is 0.351 e. The van der Waals surface area contributed by atoms with Gasteiger partial charge in [-0.25, -0.2) is 0 Å². The number of nitriles is 1. The molecule has 0 spiro atoms. The second-order valence-electron chi connectivity index (χ2n) is 5.47. The number of hydrogen-bond donors (Lipinski definition) is 2. The maximum Gasteiger partial charge on any atom is 0.234 e. The molecule has 0 bridgehead atoms. The Hall–Kier alpha value is -2.35. The number of hydrogen-bond acceptors (Lipinski definition) is 3. The molecule has 1 aromatic carbocycles. The first-order valence-electron chi connectivity index (χ1n) is 6.37. The lowest BCUT2D eigenvalue weighted by Crippen LogP contribution is -2.29. The normalized spacial score (nSPS) is 10.5. The number of carbonyl (C=O) groups is 2. The maximum atomic E-state index is 12.0. The van der Waals surface area contributed by atoms with Crippen molar-refractivity contribution in [1.29, 1.82) is 5.26 Å². The van der Waals surface area contributed by atoms with E-state index in [2.05, 4.69) is 10.6 Å². The summed E-state index contributed by atoms with van der Waals surface area (Å²) in [6.45, 7) is 5.78. The lowest BCUT2D eigenvalue weighted by Gasteiger charge is -2.19. The molecule has 2 N–H and O–H groups in total. The highest BCUT2D eigenvalue weighted by Crippen LogP contribution is 2.20. The van der Waals surface area contributed by atoms with E-state index < -0.39 is 5.41 Å². The van der Waals surface area contributed by atoms with Crippen LogP contribution >= 0.6 is 0 Å². The van der Waals surface area contributed by atoms with Gasteiger partial charge in [0.1, 0.15) is 6.42 Å². The van der Waals surface area contributed by atoms with Crippen LogP contribution < -0.4 is 10.6 Å². The van der Waals surface area contributed by atoms with Gasteiger partial charge in [0.05, 0.1) is 6.07 Å². The van der Waals surface area contributed by atoms with Crippen LogP contribution in [-0.2, 0) is 16.1 Å². The van der Waals surface area contributed by atoms with E-state index in [1.54, 1.807) is 12.1 Å². The lowest BCUT2D eigenvalue weighted by molar-refractivity contribution is -0.123. The predicted molar refractivity (Wildman–Crippen MR) is 76.6 cm³/mol. The van der Waals surface area contributed by atoms with Crippen LogP contribution in [0.2, 0.25) is 0 Å². The fourth-order valence-electron chi connectivity index (χ4n) is 1.43. The Morgan fingerprint density at radius 2 is 1.90 bits per heavy atom. The number of nitrogens with zero attached hydrogens (tertiary/aromatic N) is 1. The topological polar surface area (TPSA) is 82.0 Å². The molecule has 0 heterocycles.